The van der Waals surface area contributed by atoms with E-state index in [1.54, 1.807) is 0 Å². The predicted molar refractivity (Wildman–Crippen MR) is 68.5 cm³/mol. The van der Waals surface area contributed by atoms with E-state index in [1.165, 1.54) is 0 Å². The minimum atomic E-state index is -0.173. The lowest BCUT2D eigenvalue weighted by molar-refractivity contribution is -0.890. The lowest BCUT2D eigenvalue weighted by Crippen LogP contribution is -2.48. The Morgan fingerprint density at radius 2 is 1.82 bits per heavy atom. The Hall–Kier alpha value is -0.940. The van der Waals surface area contributed by atoms with Crippen LogP contribution in [0, 0.1) is 0 Å². The number of carbonyl (C=O) groups is 2. The summed E-state index contributed by atoms with van der Waals surface area (Å²) in [5.74, 6) is -0.175. The van der Waals surface area contributed by atoms with Crippen molar-refractivity contribution < 1.29 is 14.1 Å². The number of nitrogens with zero attached hydrogens (tertiary/aromatic N) is 2. The Kier molecular flexibility index (Phi) is 6.99. The van der Waals surface area contributed by atoms with Crippen molar-refractivity contribution in [3.8, 4) is 0 Å². The van der Waals surface area contributed by atoms with Gasteiger partial charge in [0.05, 0.1) is 27.1 Å². The van der Waals surface area contributed by atoms with Crippen molar-refractivity contribution in [1.82, 2.24) is 10.2 Å². The normalized spacial score (nSPS) is 11.6. The number of rotatable bonds is 8. The molecule has 0 aliphatic rings. The topological polar surface area (TPSA) is 49.4 Å². The fourth-order valence-electron chi connectivity index (χ4n) is 1.09. The summed E-state index contributed by atoms with van der Waals surface area (Å²) in [6.07, 6.45) is 0.435. The Morgan fingerprint density at radius 3 is 2.29 bits per heavy atom. The van der Waals surface area contributed by atoms with Crippen LogP contribution in [0.25, 0.3) is 0 Å². The Labute approximate surface area is 104 Å². The maximum Gasteiger partial charge on any atom is 0.231 e. The maximum atomic E-state index is 11.5. The third-order valence-corrected chi connectivity index (χ3v) is 2.76. The fraction of sp³-hybridized carbons (Fsp3) is 0.833. The zero-order valence-corrected chi connectivity index (χ0v) is 11.7. The van der Waals surface area contributed by atoms with Gasteiger partial charge in [-0.15, -0.1) is 0 Å². The number of hydrogen-bond donors (Lipinski definition) is 1. The largest absolute Gasteiger partial charge is 0.312 e. The van der Waals surface area contributed by atoms with Crippen LogP contribution in [0.2, 0.25) is 0 Å². The van der Waals surface area contributed by atoms with Crippen LogP contribution in [0.3, 0.4) is 0 Å². The van der Waals surface area contributed by atoms with E-state index in [0.29, 0.717) is 19.6 Å². The highest BCUT2D eigenvalue weighted by Crippen LogP contribution is 1.95. The van der Waals surface area contributed by atoms with Crippen LogP contribution in [0.4, 0.5) is 0 Å². The van der Waals surface area contributed by atoms with E-state index in [4.69, 9.17) is 0 Å². The molecule has 0 spiro atoms. The first-order chi connectivity index (χ1) is 7.76. The molecule has 0 radical (unpaired) electrons. The summed E-state index contributed by atoms with van der Waals surface area (Å²) in [7, 11) is 7.89. The van der Waals surface area contributed by atoms with E-state index in [9.17, 15) is 9.59 Å². The lowest BCUT2D eigenvalue weighted by atomic mass is 10.2. The molecule has 0 heterocycles. The zero-order chi connectivity index (χ0) is 13.5. The summed E-state index contributed by atoms with van der Waals surface area (Å²) in [5, 5.41) is 2.79. The van der Waals surface area contributed by atoms with Gasteiger partial charge in [0.15, 0.2) is 6.67 Å². The van der Waals surface area contributed by atoms with E-state index in [2.05, 4.69) is 12.2 Å². The molecule has 0 aromatic rings. The van der Waals surface area contributed by atoms with Gasteiger partial charge in [0, 0.05) is 13.0 Å². The molecular weight excluding hydrogens is 218 g/mol. The molecule has 0 fully saturated rings. The highest BCUT2D eigenvalue weighted by atomic mass is 16.2. The van der Waals surface area contributed by atoms with Gasteiger partial charge in [-0.2, -0.15) is 0 Å². The van der Waals surface area contributed by atoms with E-state index in [0.717, 1.165) is 11.0 Å². The molecule has 0 saturated carbocycles. The van der Waals surface area contributed by atoms with Crippen molar-refractivity contribution in [3.63, 3.8) is 0 Å². The lowest BCUT2D eigenvalue weighted by Gasteiger charge is -2.28. The van der Waals surface area contributed by atoms with Gasteiger partial charge in [0.1, 0.15) is 5.78 Å². The van der Waals surface area contributed by atoms with Gasteiger partial charge in [0.2, 0.25) is 5.91 Å². The first kappa shape index (κ1) is 16.1. The molecule has 0 aromatic carbocycles. The Balaban J connectivity index is 3.83. The third-order valence-electron chi connectivity index (χ3n) is 2.76. The van der Waals surface area contributed by atoms with Crippen LogP contribution >= 0.6 is 0 Å². The van der Waals surface area contributed by atoms with E-state index in [-0.39, 0.29) is 18.1 Å². The number of hydrogen-bond acceptors (Lipinski definition) is 3. The number of Topliss-reactive ketones (excluding diaryl/α,β-unsaturated/α-hetero) is 1. The number of quaternary nitrogens is 1. The summed E-state index contributed by atoms with van der Waals surface area (Å²) in [6, 6.07) is 0. The van der Waals surface area contributed by atoms with Crippen molar-refractivity contribution >= 4 is 11.7 Å². The number of carbonyl (C=O) groups excluding carboxylic acids is 2. The SMILES string of the molecule is CC[N+](C)(C)CNC(=O)CC(=O)CCN(C)C. The van der Waals surface area contributed by atoms with E-state index >= 15 is 0 Å². The van der Waals surface area contributed by atoms with Crippen molar-refractivity contribution in [3.05, 3.63) is 0 Å². The first-order valence-electron chi connectivity index (χ1n) is 6.02. The van der Waals surface area contributed by atoms with Crippen molar-refractivity contribution in [2.45, 2.75) is 19.8 Å². The van der Waals surface area contributed by atoms with E-state index in [1.807, 2.05) is 33.1 Å². The highest BCUT2D eigenvalue weighted by Gasteiger charge is 2.15. The quantitative estimate of drug-likeness (QED) is 0.373. The number of nitrogens with one attached hydrogen (secondary N) is 1. The molecule has 17 heavy (non-hydrogen) atoms. The second kappa shape index (κ2) is 7.40. The molecule has 5 nitrogen and oxygen atoms in total. The molecule has 0 aromatic heterocycles. The summed E-state index contributed by atoms with van der Waals surface area (Å²) in [6.45, 7) is 4.27. The number of amides is 1. The molecule has 0 saturated heterocycles. The first-order valence-corrected chi connectivity index (χ1v) is 6.02. The highest BCUT2D eigenvalue weighted by molar-refractivity contribution is 5.97. The molecule has 100 valence electrons. The average Bonchev–Trinajstić information content (AvgIpc) is 2.24. The second-order valence-corrected chi connectivity index (χ2v) is 5.28. The van der Waals surface area contributed by atoms with Crippen LogP contribution in [-0.2, 0) is 9.59 Å². The van der Waals surface area contributed by atoms with Crippen molar-refractivity contribution in [2.24, 2.45) is 0 Å². The monoisotopic (exact) mass is 244 g/mol. The molecule has 1 N–H and O–H groups in total. The fourth-order valence-corrected chi connectivity index (χ4v) is 1.09. The standard InChI is InChI=1S/C12H25N3O2/c1-6-15(4,5)10-13-12(17)9-11(16)7-8-14(2)3/h6-10H2,1-5H3/p+1. The molecule has 0 aliphatic carbocycles. The molecule has 5 heteroatoms. The van der Waals surface area contributed by atoms with Gasteiger partial charge >= 0.3 is 0 Å². The van der Waals surface area contributed by atoms with Crippen LogP contribution < -0.4 is 5.32 Å². The molecule has 0 rings (SSSR count). The molecular formula is C12H26N3O2+. The van der Waals surface area contributed by atoms with Gasteiger partial charge in [0.25, 0.3) is 0 Å². The summed E-state index contributed by atoms with van der Waals surface area (Å²) in [5.41, 5.74) is 0. The zero-order valence-electron chi connectivity index (χ0n) is 11.7. The molecule has 0 atom stereocenters. The minimum Gasteiger partial charge on any atom is -0.312 e. The molecule has 0 unspecified atom stereocenters. The van der Waals surface area contributed by atoms with Crippen LogP contribution in [-0.4, -0.2) is 69.0 Å². The molecule has 1 amide bonds. The van der Waals surface area contributed by atoms with Gasteiger partial charge in [-0.25, -0.2) is 0 Å². The summed E-state index contributed by atoms with van der Waals surface area (Å²) in [4.78, 5) is 24.9. The smallest absolute Gasteiger partial charge is 0.231 e. The maximum absolute atomic E-state index is 11.5. The average molecular weight is 244 g/mol. The Morgan fingerprint density at radius 1 is 1.24 bits per heavy atom. The summed E-state index contributed by atoms with van der Waals surface area (Å²) < 4.78 is 0.720. The van der Waals surface area contributed by atoms with E-state index < -0.39 is 0 Å². The van der Waals surface area contributed by atoms with Gasteiger partial charge in [-0.1, -0.05) is 0 Å². The second-order valence-electron chi connectivity index (χ2n) is 5.28. The van der Waals surface area contributed by atoms with Crippen LogP contribution in [0.1, 0.15) is 19.8 Å². The summed E-state index contributed by atoms with van der Waals surface area (Å²) >= 11 is 0. The van der Waals surface area contributed by atoms with Crippen molar-refractivity contribution in [2.75, 3.05) is 47.9 Å². The third kappa shape index (κ3) is 8.83. The predicted octanol–water partition coefficient (Wildman–Crippen LogP) is 0.0673. The van der Waals surface area contributed by atoms with Crippen LogP contribution in [0.15, 0.2) is 0 Å². The molecule has 0 bridgehead atoms. The molecule has 0 aliphatic heterocycles. The van der Waals surface area contributed by atoms with Gasteiger partial charge in [-0.05, 0) is 21.0 Å². The van der Waals surface area contributed by atoms with Crippen LogP contribution in [0.5, 0.6) is 0 Å². The van der Waals surface area contributed by atoms with Crippen molar-refractivity contribution in [1.29, 1.82) is 0 Å². The number of ketones is 1. The Bertz CT molecular complexity index is 262. The minimum absolute atomic E-state index is 0.00185. The van der Waals surface area contributed by atoms with Gasteiger partial charge in [-0.3, -0.25) is 9.59 Å². The van der Waals surface area contributed by atoms with Gasteiger partial charge < -0.3 is 14.7 Å².